The summed E-state index contributed by atoms with van der Waals surface area (Å²) in [4.78, 5) is 2.18. The first kappa shape index (κ1) is 18.1. The molecule has 0 aliphatic heterocycles. The van der Waals surface area contributed by atoms with Crippen LogP contribution in [0.4, 0.5) is 0 Å². The second-order valence-corrected chi connectivity index (χ2v) is 6.57. The molecule has 0 saturated heterocycles. The van der Waals surface area contributed by atoms with Crippen molar-refractivity contribution in [2.75, 3.05) is 40.4 Å². The summed E-state index contributed by atoms with van der Waals surface area (Å²) in [6.07, 6.45) is 1.54. The number of ether oxygens (including phenoxy) is 1. The van der Waals surface area contributed by atoms with Crippen molar-refractivity contribution in [3.63, 3.8) is 0 Å². The molecule has 0 aliphatic carbocycles. The molecule has 0 bridgehead atoms. The molecule has 0 fully saturated rings. The normalized spacial score (nSPS) is 12.2. The van der Waals surface area contributed by atoms with Gasteiger partial charge in [0.15, 0.2) is 0 Å². The zero-order valence-electron chi connectivity index (χ0n) is 12.9. The van der Waals surface area contributed by atoms with Crippen molar-refractivity contribution >= 4 is 10.0 Å². The van der Waals surface area contributed by atoms with E-state index >= 15 is 0 Å². The number of methoxy groups -OCH3 is 1. The quantitative estimate of drug-likeness (QED) is 0.627. The fourth-order valence-electron chi connectivity index (χ4n) is 1.91. The number of likely N-dealkylation sites (N-methyl/N-ethyl adjacent to an activating group) is 1. The van der Waals surface area contributed by atoms with Crippen molar-refractivity contribution in [1.82, 2.24) is 14.2 Å². The molecule has 0 aliphatic rings. The molecule has 1 heterocycles. The molecule has 0 unspecified atom stereocenters. The molecule has 2 N–H and O–H groups in total. The molecule has 0 amide bonds. The largest absolute Gasteiger partial charge is 0.390 e. The molecule has 0 saturated carbocycles. The summed E-state index contributed by atoms with van der Waals surface area (Å²) in [5, 5.41) is 9.21. The molecule has 7 nitrogen and oxygen atoms in total. The summed E-state index contributed by atoms with van der Waals surface area (Å²) in [6, 6.07) is 1.50. The predicted octanol–water partition coefficient (Wildman–Crippen LogP) is -0.143. The summed E-state index contributed by atoms with van der Waals surface area (Å²) >= 11 is 0. The zero-order chi connectivity index (χ0) is 15.9. The highest BCUT2D eigenvalue weighted by atomic mass is 32.2. The van der Waals surface area contributed by atoms with Crippen LogP contribution < -0.4 is 4.72 Å². The third-order valence-corrected chi connectivity index (χ3v) is 4.66. The standard InChI is InChI=1S/C13H25N3O4S/c1-4-16-10-13(9-12(16)11-17)21(18,19)14-5-6-15(2)7-8-20-3/h9-10,14,17H,4-8,11H2,1-3H3. The van der Waals surface area contributed by atoms with Crippen LogP contribution in [0.15, 0.2) is 17.2 Å². The first-order valence-corrected chi connectivity index (χ1v) is 8.40. The number of rotatable bonds is 10. The fraction of sp³-hybridized carbons (Fsp3) is 0.692. The molecule has 8 heteroatoms. The van der Waals surface area contributed by atoms with Crippen LogP contribution in [0.1, 0.15) is 12.6 Å². The Bertz CT molecular complexity index is 506. The van der Waals surface area contributed by atoms with Gasteiger partial charge in [-0.2, -0.15) is 0 Å². The number of hydrogen-bond donors (Lipinski definition) is 2. The molecule has 1 aromatic rings. The Morgan fingerprint density at radius 2 is 2.14 bits per heavy atom. The van der Waals surface area contributed by atoms with Gasteiger partial charge in [0.1, 0.15) is 0 Å². The minimum atomic E-state index is -3.54. The van der Waals surface area contributed by atoms with Crippen LogP contribution >= 0.6 is 0 Å². The van der Waals surface area contributed by atoms with Crippen LogP contribution in [0, 0.1) is 0 Å². The van der Waals surface area contributed by atoms with E-state index in [2.05, 4.69) is 4.72 Å². The van der Waals surface area contributed by atoms with Gasteiger partial charge in [-0.05, 0) is 20.0 Å². The van der Waals surface area contributed by atoms with Crippen LogP contribution in [0.5, 0.6) is 0 Å². The second kappa shape index (κ2) is 8.50. The van der Waals surface area contributed by atoms with E-state index in [9.17, 15) is 13.5 Å². The minimum absolute atomic E-state index is 0.177. The maximum absolute atomic E-state index is 12.2. The summed E-state index contributed by atoms with van der Waals surface area (Å²) < 4.78 is 33.6. The van der Waals surface area contributed by atoms with Crippen LogP contribution in [-0.4, -0.2) is 63.4 Å². The first-order chi connectivity index (χ1) is 9.94. The van der Waals surface area contributed by atoms with Crippen molar-refractivity contribution < 1.29 is 18.3 Å². The number of aryl methyl sites for hydroxylation is 1. The third-order valence-electron chi connectivity index (χ3n) is 3.24. The monoisotopic (exact) mass is 319 g/mol. The van der Waals surface area contributed by atoms with Crippen molar-refractivity contribution in [3.05, 3.63) is 18.0 Å². The van der Waals surface area contributed by atoms with Crippen molar-refractivity contribution in [2.45, 2.75) is 25.0 Å². The predicted molar refractivity (Wildman–Crippen MR) is 80.6 cm³/mol. The average molecular weight is 319 g/mol. The van der Waals surface area contributed by atoms with Crippen molar-refractivity contribution in [3.8, 4) is 0 Å². The highest BCUT2D eigenvalue weighted by molar-refractivity contribution is 7.89. The molecule has 1 aromatic heterocycles. The minimum Gasteiger partial charge on any atom is -0.390 e. The molecule has 21 heavy (non-hydrogen) atoms. The van der Waals surface area contributed by atoms with E-state index in [1.807, 2.05) is 18.9 Å². The smallest absolute Gasteiger partial charge is 0.242 e. The summed E-state index contributed by atoms with van der Waals surface area (Å²) in [6.45, 7) is 4.63. The number of aromatic nitrogens is 1. The SMILES string of the molecule is CCn1cc(S(=O)(=O)NCCN(C)CCOC)cc1CO. The Balaban J connectivity index is 2.59. The summed E-state index contributed by atoms with van der Waals surface area (Å²) in [5.41, 5.74) is 0.593. The second-order valence-electron chi connectivity index (χ2n) is 4.81. The topological polar surface area (TPSA) is 83.8 Å². The Morgan fingerprint density at radius 1 is 1.43 bits per heavy atom. The lowest BCUT2D eigenvalue weighted by molar-refractivity contribution is 0.162. The van der Waals surface area contributed by atoms with Crippen molar-refractivity contribution in [2.24, 2.45) is 0 Å². The highest BCUT2D eigenvalue weighted by Crippen LogP contribution is 2.14. The molecule has 122 valence electrons. The maximum atomic E-state index is 12.2. The van der Waals surface area contributed by atoms with Gasteiger partial charge in [0, 0.05) is 45.2 Å². The van der Waals surface area contributed by atoms with E-state index in [4.69, 9.17) is 4.74 Å². The van der Waals surface area contributed by atoms with E-state index in [0.29, 0.717) is 31.9 Å². The molecular weight excluding hydrogens is 294 g/mol. The zero-order valence-corrected chi connectivity index (χ0v) is 13.7. The fourth-order valence-corrected chi connectivity index (χ4v) is 3.00. The van der Waals surface area contributed by atoms with E-state index < -0.39 is 10.0 Å². The lowest BCUT2D eigenvalue weighted by atomic mass is 10.4. The Morgan fingerprint density at radius 3 is 2.67 bits per heavy atom. The lowest BCUT2D eigenvalue weighted by Gasteiger charge is -2.15. The summed E-state index contributed by atoms with van der Waals surface area (Å²) in [7, 11) is 0.00193. The number of aliphatic hydroxyl groups is 1. The van der Waals surface area contributed by atoms with Gasteiger partial charge in [-0.3, -0.25) is 0 Å². The van der Waals surface area contributed by atoms with Gasteiger partial charge in [-0.15, -0.1) is 0 Å². The lowest BCUT2D eigenvalue weighted by Crippen LogP contribution is -2.34. The number of sulfonamides is 1. The van der Waals surface area contributed by atoms with Crippen LogP contribution in [0.3, 0.4) is 0 Å². The van der Waals surface area contributed by atoms with Crippen LogP contribution in [0.2, 0.25) is 0 Å². The van der Waals surface area contributed by atoms with E-state index in [-0.39, 0.29) is 11.5 Å². The average Bonchev–Trinajstić information content (AvgIpc) is 2.89. The van der Waals surface area contributed by atoms with Crippen LogP contribution in [0.25, 0.3) is 0 Å². The maximum Gasteiger partial charge on any atom is 0.242 e. The molecular formula is C13H25N3O4S. The van der Waals surface area contributed by atoms with Gasteiger partial charge in [-0.25, -0.2) is 13.1 Å². The van der Waals surface area contributed by atoms with Crippen molar-refractivity contribution in [1.29, 1.82) is 0 Å². The Kier molecular flexibility index (Phi) is 7.33. The van der Waals surface area contributed by atoms with E-state index in [1.165, 1.54) is 6.07 Å². The molecule has 0 spiro atoms. The van der Waals surface area contributed by atoms with Gasteiger partial charge in [0.2, 0.25) is 10.0 Å². The molecule has 0 aromatic carbocycles. The third kappa shape index (κ3) is 5.40. The Labute approximate surface area is 126 Å². The first-order valence-electron chi connectivity index (χ1n) is 6.91. The number of aliphatic hydroxyl groups excluding tert-OH is 1. The van der Waals surface area contributed by atoms with Gasteiger partial charge in [0.05, 0.1) is 18.1 Å². The number of nitrogens with one attached hydrogen (secondary N) is 1. The highest BCUT2D eigenvalue weighted by Gasteiger charge is 2.17. The van der Waals surface area contributed by atoms with Gasteiger partial charge in [0.25, 0.3) is 0 Å². The van der Waals surface area contributed by atoms with Gasteiger partial charge < -0.3 is 19.3 Å². The molecule has 0 radical (unpaired) electrons. The van der Waals surface area contributed by atoms with Gasteiger partial charge >= 0.3 is 0 Å². The van der Waals surface area contributed by atoms with E-state index in [1.54, 1.807) is 17.9 Å². The molecule has 1 rings (SSSR count). The number of hydrogen-bond acceptors (Lipinski definition) is 5. The van der Waals surface area contributed by atoms with Crippen LogP contribution in [-0.2, 0) is 27.9 Å². The van der Waals surface area contributed by atoms with Gasteiger partial charge in [-0.1, -0.05) is 0 Å². The number of nitrogens with zero attached hydrogens (tertiary/aromatic N) is 2. The molecule has 0 atom stereocenters. The van der Waals surface area contributed by atoms with E-state index in [0.717, 1.165) is 6.54 Å². The Hall–Kier alpha value is -0.930. The summed E-state index contributed by atoms with van der Waals surface area (Å²) in [5.74, 6) is 0.